The Hall–Kier alpha value is -6.38. The van der Waals surface area contributed by atoms with Crippen LogP contribution in [-0.4, -0.2) is 9.97 Å². The lowest BCUT2D eigenvalue weighted by molar-refractivity contribution is 0.691. The van der Waals surface area contributed by atoms with E-state index in [1.54, 1.807) is 0 Å². The molecule has 11 rings (SSSR count). The van der Waals surface area contributed by atoms with Crippen LogP contribution in [-0.2, 0) is 6.42 Å². The van der Waals surface area contributed by atoms with Crippen molar-refractivity contribution in [3.63, 3.8) is 0 Å². The Labute approximate surface area is 303 Å². The molecule has 0 N–H and O–H groups in total. The summed E-state index contributed by atoms with van der Waals surface area (Å²) in [6.45, 7) is 0. The second-order valence-corrected chi connectivity index (χ2v) is 14.4. The predicted octanol–water partition coefficient (Wildman–Crippen LogP) is 12.1. The zero-order chi connectivity index (χ0) is 34.2. The Morgan fingerprint density at radius 3 is 2.04 bits per heavy atom. The summed E-state index contributed by atoms with van der Waals surface area (Å²) in [5, 5.41) is 2.19. The average molecular weight is 663 g/mol. The van der Waals surface area contributed by atoms with Crippen LogP contribution in [0.3, 0.4) is 0 Å². The molecule has 4 aliphatic carbocycles. The normalized spacial score (nSPS) is 19.5. The van der Waals surface area contributed by atoms with Gasteiger partial charge in [-0.05, 0) is 80.8 Å². The Balaban J connectivity index is 0.998. The van der Waals surface area contributed by atoms with Crippen LogP contribution in [0.2, 0.25) is 0 Å². The second kappa shape index (κ2) is 11.6. The Bertz CT molecular complexity index is 2780. The molecule has 3 unspecified atom stereocenters. The van der Waals surface area contributed by atoms with E-state index in [1.165, 1.54) is 50.1 Å². The van der Waals surface area contributed by atoms with Crippen molar-refractivity contribution in [2.24, 2.45) is 11.8 Å². The molecule has 0 fully saturated rings. The molecule has 244 valence electrons. The van der Waals surface area contributed by atoms with Gasteiger partial charge in [0.15, 0.2) is 0 Å². The molecule has 7 aromatic rings. The molecular weight excluding hydrogens is 629 g/mol. The Kier molecular flexibility index (Phi) is 6.54. The van der Waals surface area contributed by atoms with E-state index in [9.17, 15) is 0 Å². The maximum Gasteiger partial charge on any atom is 0.0972 e. The smallest absolute Gasteiger partial charge is 0.0972 e. The van der Waals surface area contributed by atoms with Gasteiger partial charge in [0, 0.05) is 39.7 Å². The van der Waals surface area contributed by atoms with Crippen molar-refractivity contribution in [3.05, 3.63) is 203 Å². The van der Waals surface area contributed by atoms with Gasteiger partial charge >= 0.3 is 0 Å². The van der Waals surface area contributed by atoms with Gasteiger partial charge in [-0.15, -0.1) is 0 Å². The number of allylic oxidation sites excluding steroid dienone is 9. The van der Waals surface area contributed by atoms with Crippen LogP contribution in [0, 0.1) is 11.8 Å². The summed E-state index contributed by atoms with van der Waals surface area (Å²) in [4.78, 5) is 10.4. The molecule has 0 aliphatic heterocycles. The average Bonchev–Trinajstić information content (AvgIpc) is 3.21. The third-order valence-corrected chi connectivity index (χ3v) is 11.6. The van der Waals surface area contributed by atoms with E-state index in [2.05, 4.69) is 170 Å². The third kappa shape index (κ3) is 4.57. The monoisotopic (exact) mass is 662 g/mol. The molecule has 0 saturated carbocycles. The van der Waals surface area contributed by atoms with E-state index in [0.29, 0.717) is 11.8 Å². The fourth-order valence-corrected chi connectivity index (χ4v) is 9.02. The zero-order valence-electron chi connectivity index (χ0n) is 28.6. The van der Waals surface area contributed by atoms with E-state index < -0.39 is 0 Å². The Morgan fingerprint density at radius 2 is 1.21 bits per heavy atom. The van der Waals surface area contributed by atoms with Crippen LogP contribution in [0.15, 0.2) is 170 Å². The van der Waals surface area contributed by atoms with Crippen molar-refractivity contribution >= 4 is 44.6 Å². The standard InChI is InChI=1S/C50H34N2/c1-2-11-32(12-3-1)45-26-24-33-21-22-34-25-27-46(52-50(34)49(33)51-45)38-15-8-14-36(29-38)43-30-44-47-39(37-23-20-31-10-4-5-13-35(31)28-37)18-9-19-42(47)48(44)41-17-7-6-16-40(41)43/h1-27,29-30,37,40-41H,28H2. The highest BCUT2D eigenvalue weighted by Crippen LogP contribution is 2.57. The molecule has 5 aromatic carbocycles. The van der Waals surface area contributed by atoms with Crippen molar-refractivity contribution in [1.29, 1.82) is 0 Å². The summed E-state index contributed by atoms with van der Waals surface area (Å²) in [6, 6.07) is 48.1. The van der Waals surface area contributed by atoms with Gasteiger partial charge in [0.1, 0.15) is 0 Å². The van der Waals surface area contributed by atoms with Gasteiger partial charge < -0.3 is 0 Å². The molecule has 2 heteroatoms. The van der Waals surface area contributed by atoms with E-state index >= 15 is 0 Å². The molecular formula is C50H34N2. The SMILES string of the molecule is C1=CC2C(c3cccc(-c4ccc5ccc6ccc(-c7ccccc7)nc6c5n4)c3)=CC3=C(c4cccc(C5C=Cc6ccccc6C5)c43)C2C=C1. The summed E-state index contributed by atoms with van der Waals surface area (Å²) in [7, 11) is 0. The molecule has 3 atom stereocenters. The quantitative estimate of drug-likeness (QED) is 0.175. The first-order valence-electron chi connectivity index (χ1n) is 18.3. The van der Waals surface area contributed by atoms with Gasteiger partial charge in [-0.3, -0.25) is 0 Å². The summed E-state index contributed by atoms with van der Waals surface area (Å²) >= 11 is 0. The first kappa shape index (κ1) is 29.4. The van der Waals surface area contributed by atoms with Gasteiger partial charge in [0.2, 0.25) is 0 Å². The number of aromatic nitrogens is 2. The number of nitrogens with zero attached hydrogens (tertiary/aromatic N) is 2. The summed E-state index contributed by atoms with van der Waals surface area (Å²) in [5.74, 6) is 0.974. The number of hydrogen-bond donors (Lipinski definition) is 0. The highest BCUT2D eigenvalue weighted by molar-refractivity contribution is 6.14. The summed E-state index contributed by atoms with van der Waals surface area (Å²) in [5.41, 5.74) is 18.6. The van der Waals surface area contributed by atoms with Crippen LogP contribution in [0.25, 0.3) is 67.1 Å². The number of hydrogen-bond acceptors (Lipinski definition) is 2. The topological polar surface area (TPSA) is 25.8 Å². The number of rotatable bonds is 4. The van der Waals surface area contributed by atoms with Crippen LogP contribution >= 0.6 is 0 Å². The molecule has 0 bridgehead atoms. The fourth-order valence-electron chi connectivity index (χ4n) is 9.02. The van der Waals surface area contributed by atoms with Crippen LogP contribution in [0.1, 0.15) is 39.3 Å². The summed E-state index contributed by atoms with van der Waals surface area (Å²) < 4.78 is 0. The first-order chi connectivity index (χ1) is 25.8. The van der Waals surface area contributed by atoms with Gasteiger partial charge in [-0.25, -0.2) is 9.97 Å². The summed E-state index contributed by atoms with van der Waals surface area (Å²) in [6.07, 6.45) is 17.5. The minimum atomic E-state index is 0.284. The minimum absolute atomic E-state index is 0.284. The van der Waals surface area contributed by atoms with Gasteiger partial charge in [-0.1, -0.05) is 152 Å². The lowest BCUT2D eigenvalue weighted by Crippen LogP contribution is -2.26. The highest BCUT2D eigenvalue weighted by atomic mass is 14.8. The van der Waals surface area contributed by atoms with E-state index in [-0.39, 0.29) is 5.92 Å². The maximum atomic E-state index is 5.30. The van der Waals surface area contributed by atoms with E-state index in [0.717, 1.165) is 50.7 Å². The van der Waals surface area contributed by atoms with E-state index in [4.69, 9.17) is 9.97 Å². The highest BCUT2D eigenvalue weighted by Gasteiger charge is 2.40. The van der Waals surface area contributed by atoms with Crippen LogP contribution in [0.4, 0.5) is 0 Å². The van der Waals surface area contributed by atoms with Crippen LogP contribution in [0.5, 0.6) is 0 Å². The number of benzene rings is 5. The molecule has 4 aliphatic rings. The van der Waals surface area contributed by atoms with Crippen molar-refractivity contribution in [2.75, 3.05) is 0 Å². The molecule has 0 amide bonds. The largest absolute Gasteiger partial charge is 0.245 e. The van der Waals surface area contributed by atoms with Crippen molar-refractivity contribution < 1.29 is 0 Å². The first-order valence-corrected chi connectivity index (χ1v) is 18.3. The molecule has 52 heavy (non-hydrogen) atoms. The van der Waals surface area contributed by atoms with Crippen molar-refractivity contribution in [1.82, 2.24) is 9.97 Å². The molecule has 2 nitrogen and oxygen atoms in total. The lowest BCUT2D eigenvalue weighted by Gasteiger charge is -2.42. The van der Waals surface area contributed by atoms with Crippen molar-refractivity contribution in [3.8, 4) is 22.5 Å². The molecule has 2 heterocycles. The zero-order valence-corrected chi connectivity index (χ0v) is 28.6. The molecule has 0 radical (unpaired) electrons. The predicted molar refractivity (Wildman–Crippen MR) is 216 cm³/mol. The molecule has 0 spiro atoms. The minimum Gasteiger partial charge on any atom is -0.245 e. The van der Waals surface area contributed by atoms with E-state index in [1.807, 2.05) is 6.07 Å². The molecule has 2 aromatic heterocycles. The third-order valence-electron chi connectivity index (χ3n) is 11.6. The number of fused-ring (bicyclic) bond motifs is 9. The lowest BCUT2D eigenvalue weighted by atomic mass is 9.61. The van der Waals surface area contributed by atoms with Gasteiger partial charge in [0.05, 0.1) is 22.4 Å². The van der Waals surface area contributed by atoms with Gasteiger partial charge in [0.25, 0.3) is 0 Å². The maximum absolute atomic E-state index is 5.30. The van der Waals surface area contributed by atoms with Crippen molar-refractivity contribution in [2.45, 2.75) is 12.3 Å². The fraction of sp³-hybridized carbons (Fsp3) is 0.0800. The van der Waals surface area contributed by atoms with Gasteiger partial charge in [-0.2, -0.15) is 0 Å². The molecule has 0 saturated heterocycles. The number of pyridine rings is 2. The Morgan fingerprint density at radius 1 is 0.538 bits per heavy atom. The van der Waals surface area contributed by atoms with Crippen LogP contribution < -0.4 is 0 Å². The second-order valence-electron chi connectivity index (χ2n) is 14.4.